The number of benzene rings is 1. The largest absolute Gasteiger partial charge is 0.495 e. The van der Waals surface area contributed by atoms with Crippen molar-refractivity contribution in [3.63, 3.8) is 0 Å². The fourth-order valence-electron chi connectivity index (χ4n) is 1.96. The maximum Gasteiger partial charge on any atom is 0.338 e. The van der Waals surface area contributed by atoms with E-state index in [-0.39, 0.29) is 23.0 Å². The smallest absolute Gasteiger partial charge is 0.338 e. The van der Waals surface area contributed by atoms with Crippen LogP contribution in [0.25, 0.3) is 0 Å². The van der Waals surface area contributed by atoms with E-state index in [1.165, 1.54) is 52.6 Å². The Labute approximate surface area is 159 Å². The SMILES string of the molecule is COc1cc(C(=O)OCc2ccc(S(=O)(=O)N(C)C)o2)cc(OC)c1Br. The quantitative estimate of drug-likeness (QED) is 0.601. The van der Waals surface area contributed by atoms with E-state index in [1.807, 2.05) is 0 Å². The van der Waals surface area contributed by atoms with E-state index in [2.05, 4.69) is 15.9 Å². The Kier molecular flexibility index (Phi) is 6.32. The molecule has 0 unspecified atom stereocenters. The zero-order valence-electron chi connectivity index (χ0n) is 14.6. The standard InChI is InChI=1S/C16H18BrNO7S/c1-18(2)26(20,21)14-6-5-11(25-14)9-24-16(19)10-7-12(22-3)15(17)13(8-10)23-4/h5-8H,9H2,1-4H3. The highest BCUT2D eigenvalue weighted by Gasteiger charge is 2.22. The van der Waals surface area contributed by atoms with Crippen LogP contribution in [-0.4, -0.2) is 47.0 Å². The van der Waals surface area contributed by atoms with E-state index in [0.29, 0.717) is 16.0 Å². The van der Waals surface area contributed by atoms with Gasteiger partial charge in [-0.15, -0.1) is 0 Å². The molecule has 0 radical (unpaired) electrons. The van der Waals surface area contributed by atoms with Crippen LogP contribution in [0.4, 0.5) is 0 Å². The van der Waals surface area contributed by atoms with Crippen LogP contribution in [-0.2, 0) is 21.4 Å². The first kappa shape index (κ1) is 20.3. The number of nitrogens with zero attached hydrogens (tertiary/aromatic N) is 1. The molecule has 1 aromatic carbocycles. The van der Waals surface area contributed by atoms with Crippen molar-refractivity contribution in [2.45, 2.75) is 11.7 Å². The molecule has 0 saturated carbocycles. The number of rotatable bonds is 7. The molecule has 0 amide bonds. The minimum absolute atomic E-state index is 0.204. The van der Waals surface area contributed by atoms with E-state index in [4.69, 9.17) is 18.6 Å². The third-order valence-electron chi connectivity index (χ3n) is 3.40. The Morgan fingerprint density at radius 1 is 1.15 bits per heavy atom. The summed E-state index contributed by atoms with van der Waals surface area (Å²) >= 11 is 3.32. The van der Waals surface area contributed by atoms with Gasteiger partial charge in [-0.2, -0.15) is 0 Å². The monoisotopic (exact) mass is 447 g/mol. The number of hydrogen-bond donors (Lipinski definition) is 0. The lowest BCUT2D eigenvalue weighted by molar-refractivity contribution is 0.0440. The fourth-order valence-corrected chi connectivity index (χ4v) is 3.33. The summed E-state index contributed by atoms with van der Waals surface area (Å²) in [7, 11) is 2.03. The summed E-state index contributed by atoms with van der Waals surface area (Å²) in [6.07, 6.45) is 0. The number of ether oxygens (including phenoxy) is 3. The molecule has 1 heterocycles. The summed E-state index contributed by atoms with van der Waals surface area (Å²) in [5.74, 6) is 0.389. The van der Waals surface area contributed by atoms with Gasteiger partial charge >= 0.3 is 5.97 Å². The molecule has 26 heavy (non-hydrogen) atoms. The van der Waals surface area contributed by atoms with Gasteiger partial charge in [0, 0.05) is 14.1 Å². The molecule has 2 rings (SSSR count). The number of esters is 1. The summed E-state index contributed by atoms with van der Waals surface area (Å²) in [5, 5.41) is -0.222. The topological polar surface area (TPSA) is 95.3 Å². The first-order valence-corrected chi connectivity index (χ1v) is 9.54. The summed E-state index contributed by atoms with van der Waals surface area (Å²) in [4.78, 5) is 12.3. The molecule has 142 valence electrons. The van der Waals surface area contributed by atoms with Crippen LogP contribution in [0.15, 0.2) is 38.2 Å². The van der Waals surface area contributed by atoms with Gasteiger partial charge in [0.2, 0.25) is 5.09 Å². The van der Waals surface area contributed by atoms with Crippen molar-refractivity contribution in [3.05, 3.63) is 40.1 Å². The van der Waals surface area contributed by atoms with Gasteiger partial charge in [-0.1, -0.05) is 0 Å². The third-order valence-corrected chi connectivity index (χ3v) is 5.87. The predicted molar refractivity (Wildman–Crippen MR) is 95.9 cm³/mol. The summed E-state index contributed by atoms with van der Waals surface area (Å²) in [6.45, 7) is -0.220. The summed E-state index contributed by atoms with van der Waals surface area (Å²) in [5.41, 5.74) is 0.217. The number of methoxy groups -OCH3 is 2. The minimum Gasteiger partial charge on any atom is -0.495 e. The molecule has 0 aliphatic rings. The number of halogens is 1. The zero-order chi connectivity index (χ0) is 19.5. The van der Waals surface area contributed by atoms with E-state index < -0.39 is 16.0 Å². The van der Waals surface area contributed by atoms with Crippen molar-refractivity contribution in [2.75, 3.05) is 28.3 Å². The second kappa shape index (κ2) is 8.11. The normalized spacial score (nSPS) is 11.5. The molecule has 0 atom stereocenters. The molecule has 2 aromatic rings. The second-order valence-electron chi connectivity index (χ2n) is 5.28. The Morgan fingerprint density at radius 2 is 1.73 bits per heavy atom. The summed E-state index contributed by atoms with van der Waals surface area (Å²) in [6, 6.07) is 5.74. The Hall–Kier alpha value is -2.04. The molecule has 0 aliphatic heterocycles. The van der Waals surface area contributed by atoms with E-state index in [0.717, 1.165) is 4.31 Å². The molecule has 0 aliphatic carbocycles. The maximum atomic E-state index is 12.3. The molecule has 0 N–H and O–H groups in total. The number of carbonyl (C=O) groups is 1. The van der Waals surface area contributed by atoms with Crippen LogP contribution in [0.2, 0.25) is 0 Å². The van der Waals surface area contributed by atoms with Crippen molar-refractivity contribution in [1.82, 2.24) is 4.31 Å². The fraction of sp³-hybridized carbons (Fsp3) is 0.312. The lowest BCUT2D eigenvalue weighted by Gasteiger charge is -2.11. The highest BCUT2D eigenvalue weighted by molar-refractivity contribution is 9.10. The van der Waals surface area contributed by atoms with Gasteiger partial charge in [-0.05, 0) is 40.2 Å². The van der Waals surface area contributed by atoms with Crippen LogP contribution in [0.3, 0.4) is 0 Å². The molecular formula is C16H18BrNO7S. The van der Waals surface area contributed by atoms with Crippen molar-refractivity contribution in [3.8, 4) is 11.5 Å². The molecule has 8 nitrogen and oxygen atoms in total. The zero-order valence-corrected chi connectivity index (χ0v) is 17.0. The van der Waals surface area contributed by atoms with Crippen LogP contribution >= 0.6 is 15.9 Å². The molecule has 1 aromatic heterocycles. The van der Waals surface area contributed by atoms with Crippen molar-refractivity contribution in [1.29, 1.82) is 0 Å². The average molecular weight is 448 g/mol. The van der Waals surface area contributed by atoms with E-state index >= 15 is 0 Å². The van der Waals surface area contributed by atoms with Gasteiger partial charge in [0.05, 0.1) is 19.8 Å². The predicted octanol–water partition coefficient (Wildman–Crippen LogP) is 2.67. The van der Waals surface area contributed by atoms with Gasteiger partial charge in [0.25, 0.3) is 10.0 Å². The molecule has 0 spiro atoms. The van der Waals surface area contributed by atoms with E-state index in [1.54, 1.807) is 0 Å². The average Bonchev–Trinajstić information content (AvgIpc) is 3.09. The van der Waals surface area contributed by atoms with Crippen LogP contribution in [0.1, 0.15) is 16.1 Å². The second-order valence-corrected chi connectivity index (χ2v) is 8.15. The van der Waals surface area contributed by atoms with Crippen molar-refractivity contribution < 1.29 is 31.8 Å². The lowest BCUT2D eigenvalue weighted by Crippen LogP contribution is -2.21. The van der Waals surface area contributed by atoms with Gasteiger partial charge in [0.1, 0.15) is 28.3 Å². The molecule has 0 saturated heterocycles. The molecule has 0 bridgehead atoms. The number of furan rings is 1. The number of sulfonamides is 1. The highest BCUT2D eigenvalue weighted by Crippen LogP contribution is 2.35. The molecule has 10 heteroatoms. The van der Waals surface area contributed by atoms with Gasteiger partial charge in [0.15, 0.2) is 0 Å². The first-order chi connectivity index (χ1) is 12.2. The van der Waals surface area contributed by atoms with Crippen LogP contribution in [0.5, 0.6) is 11.5 Å². The summed E-state index contributed by atoms with van der Waals surface area (Å²) < 4.78 is 46.3. The van der Waals surface area contributed by atoms with Crippen molar-refractivity contribution >= 4 is 31.9 Å². The van der Waals surface area contributed by atoms with Crippen LogP contribution < -0.4 is 9.47 Å². The van der Waals surface area contributed by atoms with Gasteiger partial charge in [-0.25, -0.2) is 17.5 Å². The lowest BCUT2D eigenvalue weighted by atomic mass is 10.2. The molecule has 0 fully saturated rings. The van der Waals surface area contributed by atoms with Gasteiger partial charge in [-0.3, -0.25) is 0 Å². The highest BCUT2D eigenvalue weighted by atomic mass is 79.9. The Bertz CT molecular complexity index is 880. The first-order valence-electron chi connectivity index (χ1n) is 7.30. The van der Waals surface area contributed by atoms with E-state index in [9.17, 15) is 13.2 Å². The van der Waals surface area contributed by atoms with Crippen molar-refractivity contribution in [2.24, 2.45) is 0 Å². The third kappa shape index (κ3) is 4.19. The van der Waals surface area contributed by atoms with Gasteiger partial charge < -0.3 is 18.6 Å². The Balaban J connectivity index is 2.14. The number of hydrogen-bond acceptors (Lipinski definition) is 7. The number of carbonyl (C=O) groups excluding carboxylic acids is 1. The maximum absolute atomic E-state index is 12.3. The minimum atomic E-state index is -3.68. The van der Waals surface area contributed by atoms with Crippen LogP contribution in [0, 0.1) is 0 Å². The Morgan fingerprint density at radius 3 is 2.23 bits per heavy atom. The molecular weight excluding hydrogens is 430 g/mol.